The maximum atomic E-state index is 10.8. The molecule has 0 heterocycles. The Labute approximate surface area is 72.4 Å². The molecule has 0 radical (unpaired) electrons. The first-order valence-electron chi connectivity index (χ1n) is 3.93. The van der Waals surface area contributed by atoms with Crippen molar-refractivity contribution in [2.24, 2.45) is 5.92 Å². The van der Waals surface area contributed by atoms with Crippen LogP contribution in [-0.2, 0) is 9.05 Å². The molecule has 1 saturated carbocycles. The lowest BCUT2D eigenvalue weighted by Gasteiger charge is -2.26. The highest BCUT2D eigenvalue weighted by molar-refractivity contribution is 8.14. The van der Waals surface area contributed by atoms with E-state index in [0.29, 0.717) is 5.92 Å². The predicted octanol–water partition coefficient (Wildman–Crippen LogP) is 2.13. The van der Waals surface area contributed by atoms with Crippen LogP contribution in [0.2, 0.25) is 0 Å². The maximum Gasteiger partial charge on any atom is 0.235 e. The molecular formula is C7H13ClO2S. The Balaban J connectivity index is 2.36. The van der Waals surface area contributed by atoms with Gasteiger partial charge in [-0.3, -0.25) is 0 Å². The van der Waals surface area contributed by atoms with Crippen LogP contribution >= 0.6 is 10.7 Å². The zero-order valence-corrected chi connectivity index (χ0v) is 8.16. The smallest absolute Gasteiger partial charge is 0.212 e. The minimum Gasteiger partial charge on any atom is -0.212 e. The normalized spacial score (nSPS) is 22.7. The molecule has 0 aromatic rings. The van der Waals surface area contributed by atoms with Crippen LogP contribution in [0.25, 0.3) is 0 Å². The molecule has 1 aliphatic carbocycles. The van der Waals surface area contributed by atoms with Gasteiger partial charge in [-0.2, -0.15) is 0 Å². The monoisotopic (exact) mass is 196 g/mol. The average Bonchev–Trinajstić information content (AvgIpc) is 1.75. The third kappa shape index (κ3) is 2.64. The van der Waals surface area contributed by atoms with E-state index in [9.17, 15) is 8.42 Å². The lowest BCUT2D eigenvalue weighted by atomic mass is 9.82. The van der Waals surface area contributed by atoms with Crippen molar-refractivity contribution in [1.29, 1.82) is 0 Å². The first kappa shape index (κ1) is 9.33. The van der Waals surface area contributed by atoms with Crippen LogP contribution in [0, 0.1) is 5.92 Å². The fraction of sp³-hybridized carbons (Fsp3) is 1.00. The molecule has 0 N–H and O–H groups in total. The highest BCUT2D eigenvalue weighted by atomic mass is 35.7. The zero-order valence-electron chi connectivity index (χ0n) is 6.59. The molecule has 0 amide bonds. The van der Waals surface area contributed by atoms with E-state index in [1.54, 1.807) is 6.92 Å². The summed E-state index contributed by atoms with van der Waals surface area (Å²) in [5, 5.41) is -0.366. The maximum absolute atomic E-state index is 10.8. The number of hydrogen-bond acceptors (Lipinski definition) is 2. The van der Waals surface area contributed by atoms with Crippen molar-refractivity contribution in [2.45, 2.75) is 37.9 Å². The Hall–Kier alpha value is 0.240. The van der Waals surface area contributed by atoms with Crippen molar-refractivity contribution in [3.05, 3.63) is 0 Å². The van der Waals surface area contributed by atoms with Crippen LogP contribution in [0.1, 0.15) is 32.6 Å². The van der Waals surface area contributed by atoms with Gasteiger partial charge in [0.2, 0.25) is 9.05 Å². The van der Waals surface area contributed by atoms with Gasteiger partial charge in [0.05, 0.1) is 5.25 Å². The molecule has 0 saturated heterocycles. The Kier molecular flexibility index (Phi) is 2.81. The van der Waals surface area contributed by atoms with Crippen molar-refractivity contribution in [1.82, 2.24) is 0 Å². The second kappa shape index (κ2) is 3.31. The number of halogens is 1. The molecule has 1 rings (SSSR count). The summed E-state index contributed by atoms with van der Waals surface area (Å²) in [5.74, 6) is 0.610. The van der Waals surface area contributed by atoms with E-state index in [-0.39, 0.29) is 5.25 Å². The lowest BCUT2D eigenvalue weighted by molar-refractivity contribution is 0.294. The van der Waals surface area contributed by atoms with Gasteiger partial charge in [-0.15, -0.1) is 0 Å². The Morgan fingerprint density at radius 3 is 2.36 bits per heavy atom. The fourth-order valence-electron chi connectivity index (χ4n) is 1.31. The van der Waals surface area contributed by atoms with Gasteiger partial charge in [0.15, 0.2) is 0 Å². The minimum absolute atomic E-state index is 0.366. The summed E-state index contributed by atoms with van der Waals surface area (Å²) in [5.41, 5.74) is 0. The zero-order chi connectivity index (χ0) is 8.48. The largest absolute Gasteiger partial charge is 0.235 e. The number of hydrogen-bond donors (Lipinski definition) is 0. The molecule has 0 aliphatic heterocycles. The van der Waals surface area contributed by atoms with Crippen molar-refractivity contribution >= 4 is 19.7 Å². The van der Waals surface area contributed by atoms with E-state index in [4.69, 9.17) is 10.7 Å². The van der Waals surface area contributed by atoms with E-state index in [1.807, 2.05) is 0 Å². The van der Waals surface area contributed by atoms with Crippen LogP contribution in [0.15, 0.2) is 0 Å². The van der Waals surface area contributed by atoms with Crippen LogP contribution in [0.4, 0.5) is 0 Å². The first-order valence-corrected chi connectivity index (χ1v) is 6.31. The molecule has 2 nitrogen and oxygen atoms in total. The molecule has 1 unspecified atom stereocenters. The summed E-state index contributed by atoms with van der Waals surface area (Å²) in [6, 6.07) is 0. The molecule has 0 bridgehead atoms. The summed E-state index contributed by atoms with van der Waals surface area (Å²) in [6.45, 7) is 1.68. The van der Waals surface area contributed by atoms with Crippen LogP contribution in [0.5, 0.6) is 0 Å². The van der Waals surface area contributed by atoms with Gasteiger partial charge in [0.1, 0.15) is 0 Å². The fourth-order valence-corrected chi connectivity index (χ4v) is 2.03. The van der Waals surface area contributed by atoms with Gasteiger partial charge < -0.3 is 0 Å². The predicted molar refractivity (Wildman–Crippen MR) is 46.2 cm³/mol. The molecule has 1 aliphatic rings. The van der Waals surface area contributed by atoms with E-state index in [1.165, 1.54) is 19.3 Å². The quantitative estimate of drug-likeness (QED) is 0.649. The van der Waals surface area contributed by atoms with Gasteiger partial charge in [-0.25, -0.2) is 8.42 Å². The molecule has 66 valence electrons. The van der Waals surface area contributed by atoms with Crippen LogP contribution in [-0.4, -0.2) is 13.7 Å². The highest BCUT2D eigenvalue weighted by Gasteiger charge is 2.25. The number of rotatable bonds is 3. The van der Waals surface area contributed by atoms with Gasteiger partial charge in [0.25, 0.3) is 0 Å². The first-order chi connectivity index (χ1) is 5.00. The third-order valence-electron chi connectivity index (χ3n) is 2.37. The standard InChI is InChI=1S/C7H13ClO2S/c1-6(11(8,9)10)5-7-3-2-4-7/h6-7H,2-5H2,1H3. The van der Waals surface area contributed by atoms with Crippen LogP contribution in [0.3, 0.4) is 0 Å². The van der Waals surface area contributed by atoms with E-state index >= 15 is 0 Å². The summed E-state index contributed by atoms with van der Waals surface area (Å²) >= 11 is 0. The molecule has 0 spiro atoms. The van der Waals surface area contributed by atoms with Gasteiger partial charge in [-0.1, -0.05) is 19.3 Å². The minimum atomic E-state index is -3.30. The van der Waals surface area contributed by atoms with Crippen LogP contribution < -0.4 is 0 Å². The second-order valence-electron chi connectivity index (χ2n) is 3.32. The van der Waals surface area contributed by atoms with E-state index in [2.05, 4.69) is 0 Å². The van der Waals surface area contributed by atoms with Crippen molar-refractivity contribution in [3.8, 4) is 0 Å². The molecule has 4 heteroatoms. The van der Waals surface area contributed by atoms with E-state index in [0.717, 1.165) is 6.42 Å². The van der Waals surface area contributed by atoms with Gasteiger partial charge in [0, 0.05) is 10.7 Å². The highest BCUT2D eigenvalue weighted by Crippen LogP contribution is 2.32. The molecule has 1 atom stereocenters. The van der Waals surface area contributed by atoms with Gasteiger partial charge in [-0.05, 0) is 19.3 Å². The topological polar surface area (TPSA) is 34.1 Å². The van der Waals surface area contributed by atoms with E-state index < -0.39 is 9.05 Å². The molecular weight excluding hydrogens is 184 g/mol. The second-order valence-corrected chi connectivity index (χ2v) is 6.37. The molecule has 0 aromatic heterocycles. The molecule has 11 heavy (non-hydrogen) atoms. The summed E-state index contributed by atoms with van der Waals surface area (Å²) in [4.78, 5) is 0. The lowest BCUT2D eigenvalue weighted by Crippen LogP contribution is -2.21. The summed E-state index contributed by atoms with van der Waals surface area (Å²) < 4.78 is 21.5. The molecule has 1 fully saturated rings. The molecule has 0 aromatic carbocycles. The van der Waals surface area contributed by atoms with Gasteiger partial charge >= 0.3 is 0 Å². The average molecular weight is 197 g/mol. The van der Waals surface area contributed by atoms with Crippen molar-refractivity contribution in [2.75, 3.05) is 0 Å². The summed E-state index contributed by atoms with van der Waals surface area (Å²) in [7, 11) is 1.88. The van der Waals surface area contributed by atoms with Crippen molar-refractivity contribution in [3.63, 3.8) is 0 Å². The third-order valence-corrected chi connectivity index (χ3v) is 4.44. The summed E-state index contributed by atoms with van der Waals surface area (Å²) in [6.07, 6.45) is 4.35. The van der Waals surface area contributed by atoms with Crippen molar-refractivity contribution < 1.29 is 8.42 Å². The Bertz CT molecular complexity index is 219. The Morgan fingerprint density at radius 1 is 1.55 bits per heavy atom. The SMILES string of the molecule is CC(CC1CCC1)S(=O)(=O)Cl. The Morgan fingerprint density at radius 2 is 2.09 bits per heavy atom.